The molecule has 0 saturated heterocycles. The zero-order valence-corrected chi connectivity index (χ0v) is 14.1. The van der Waals surface area contributed by atoms with Crippen molar-refractivity contribution in [3.05, 3.63) is 40.4 Å². The number of anilines is 1. The van der Waals surface area contributed by atoms with Crippen molar-refractivity contribution in [1.29, 1.82) is 0 Å². The van der Waals surface area contributed by atoms with Crippen molar-refractivity contribution < 1.29 is 14.4 Å². The van der Waals surface area contributed by atoms with Crippen LogP contribution in [0.25, 0.3) is 0 Å². The quantitative estimate of drug-likeness (QED) is 0.624. The number of aryl methyl sites for hydroxylation is 1. The maximum atomic E-state index is 12.2. The van der Waals surface area contributed by atoms with Gasteiger partial charge >= 0.3 is 0 Å². The summed E-state index contributed by atoms with van der Waals surface area (Å²) in [5, 5.41) is 11.5. The van der Waals surface area contributed by atoms with E-state index in [-0.39, 0.29) is 6.54 Å². The summed E-state index contributed by atoms with van der Waals surface area (Å²) in [7, 11) is 0. The number of amides is 3. The molecular formula is C15H13ClN4O3S. The van der Waals surface area contributed by atoms with Gasteiger partial charge in [0.1, 0.15) is 11.6 Å². The third-order valence-electron chi connectivity index (χ3n) is 3.42. The highest BCUT2D eigenvalue weighted by Crippen LogP contribution is 2.22. The molecule has 0 saturated carbocycles. The number of fused-ring (bicyclic) bond motifs is 1. The first-order valence-electron chi connectivity index (χ1n) is 7.23. The number of carbonyl (C=O) groups is 3. The van der Waals surface area contributed by atoms with E-state index in [0.29, 0.717) is 28.6 Å². The zero-order valence-electron chi connectivity index (χ0n) is 12.5. The number of nitrogens with one attached hydrogen (secondary N) is 1. The predicted molar refractivity (Wildman–Crippen MR) is 89.4 cm³/mol. The van der Waals surface area contributed by atoms with Crippen molar-refractivity contribution in [1.82, 2.24) is 15.1 Å². The van der Waals surface area contributed by atoms with E-state index in [2.05, 4.69) is 15.5 Å². The number of rotatable bonds is 6. The average Bonchev–Trinajstić information content (AvgIpc) is 3.12. The Bertz CT molecular complexity index is 773. The van der Waals surface area contributed by atoms with Gasteiger partial charge in [0, 0.05) is 12.3 Å². The minimum atomic E-state index is -0.496. The number of hydrogen-bond acceptors (Lipinski definition) is 6. The van der Waals surface area contributed by atoms with Crippen molar-refractivity contribution >= 4 is 45.8 Å². The Labute approximate surface area is 146 Å². The number of nitrogens with zero attached hydrogens (tertiary/aromatic N) is 3. The lowest BCUT2D eigenvalue weighted by Crippen LogP contribution is -2.37. The first-order chi connectivity index (χ1) is 11.6. The number of alkyl halides is 1. The van der Waals surface area contributed by atoms with Crippen LogP contribution in [0.4, 0.5) is 5.13 Å². The molecule has 0 aliphatic carbocycles. The maximum absolute atomic E-state index is 12.2. The standard InChI is InChI=1S/C15H13ClN4O3S/c16-7-3-6-12-18-19-15(24-12)17-11(21)8-20-13(22)9-4-1-2-5-10(9)14(20)23/h1-2,4-5H,3,6-8H2,(H,17,19,21). The molecule has 3 rings (SSSR count). The highest BCUT2D eigenvalue weighted by Gasteiger charge is 2.36. The zero-order chi connectivity index (χ0) is 17.1. The Balaban J connectivity index is 1.63. The van der Waals surface area contributed by atoms with E-state index in [1.165, 1.54) is 11.3 Å². The number of carbonyl (C=O) groups excluding carboxylic acids is 3. The average molecular weight is 365 g/mol. The predicted octanol–water partition coefficient (Wildman–Crippen LogP) is 1.94. The Kier molecular flexibility index (Phi) is 4.86. The Hall–Kier alpha value is -2.32. The van der Waals surface area contributed by atoms with E-state index in [4.69, 9.17) is 11.6 Å². The number of halogens is 1. The monoisotopic (exact) mass is 364 g/mol. The highest BCUT2D eigenvalue weighted by atomic mass is 35.5. The molecule has 0 unspecified atom stereocenters. The molecule has 1 N–H and O–H groups in total. The molecular weight excluding hydrogens is 352 g/mol. The Morgan fingerprint density at radius 2 is 1.83 bits per heavy atom. The van der Waals surface area contributed by atoms with Crippen LogP contribution in [0.5, 0.6) is 0 Å². The summed E-state index contributed by atoms with van der Waals surface area (Å²) in [6.45, 7) is -0.358. The molecule has 2 aromatic rings. The van der Waals surface area contributed by atoms with Gasteiger partial charge in [0.15, 0.2) is 0 Å². The van der Waals surface area contributed by atoms with Crippen LogP contribution in [-0.2, 0) is 11.2 Å². The lowest BCUT2D eigenvalue weighted by Gasteiger charge is -2.12. The van der Waals surface area contributed by atoms with Gasteiger partial charge in [-0.1, -0.05) is 23.5 Å². The molecule has 1 aromatic heterocycles. The van der Waals surface area contributed by atoms with Crippen LogP contribution < -0.4 is 5.32 Å². The molecule has 0 bridgehead atoms. The second-order valence-corrected chi connectivity index (χ2v) is 6.52. The summed E-state index contributed by atoms with van der Waals surface area (Å²) in [6.07, 6.45) is 1.47. The molecule has 1 aliphatic rings. The molecule has 2 heterocycles. The summed E-state index contributed by atoms with van der Waals surface area (Å²) in [5.41, 5.74) is 0.629. The molecule has 0 atom stereocenters. The van der Waals surface area contributed by atoms with Crippen molar-refractivity contribution in [3.63, 3.8) is 0 Å². The largest absolute Gasteiger partial charge is 0.299 e. The topological polar surface area (TPSA) is 92.3 Å². The van der Waals surface area contributed by atoms with Crippen LogP contribution in [0, 0.1) is 0 Å². The summed E-state index contributed by atoms with van der Waals surface area (Å²) >= 11 is 6.87. The van der Waals surface area contributed by atoms with Crippen molar-refractivity contribution in [2.24, 2.45) is 0 Å². The van der Waals surface area contributed by atoms with E-state index >= 15 is 0 Å². The van der Waals surface area contributed by atoms with E-state index in [1.54, 1.807) is 24.3 Å². The van der Waals surface area contributed by atoms with Gasteiger partial charge < -0.3 is 0 Å². The van der Waals surface area contributed by atoms with Crippen molar-refractivity contribution in [3.8, 4) is 0 Å². The smallest absolute Gasteiger partial charge is 0.262 e. The van der Waals surface area contributed by atoms with E-state index < -0.39 is 17.7 Å². The van der Waals surface area contributed by atoms with Crippen LogP contribution in [0.3, 0.4) is 0 Å². The number of aromatic nitrogens is 2. The number of hydrogen-bond donors (Lipinski definition) is 1. The van der Waals surface area contributed by atoms with Crippen LogP contribution in [0.2, 0.25) is 0 Å². The molecule has 1 aliphatic heterocycles. The second-order valence-electron chi connectivity index (χ2n) is 5.08. The molecule has 9 heteroatoms. The minimum absolute atomic E-state index is 0.314. The van der Waals surface area contributed by atoms with Crippen LogP contribution in [-0.4, -0.2) is 45.2 Å². The minimum Gasteiger partial charge on any atom is -0.299 e. The van der Waals surface area contributed by atoms with Gasteiger partial charge in [0.05, 0.1) is 11.1 Å². The fourth-order valence-electron chi connectivity index (χ4n) is 2.31. The molecule has 0 fully saturated rings. The normalized spacial score (nSPS) is 13.3. The summed E-state index contributed by atoms with van der Waals surface area (Å²) in [6, 6.07) is 6.50. The third kappa shape index (κ3) is 3.29. The van der Waals surface area contributed by atoms with Gasteiger partial charge in [-0.15, -0.1) is 21.8 Å². The van der Waals surface area contributed by atoms with Crippen molar-refractivity contribution in [2.75, 3.05) is 17.7 Å². The Morgan fingerprint density at radius 3 is 2.46 bits per heavy atom. The van der Waals surface area contributed by atoms with Gasteiger partial charge in [0.2, 0.25) is 11.0 Å². The molecule has 0 radical (unpaired) electrons. The lowest BCUT2D eigenvalue weighted by atomic mass is 10.1. The van der Waals surface area contributed by atoms with Crippen molar-refractivity contribution in [2.45, 2.75) is 12.8 Å². The summed E-state index contributed by atoms with van der Waals surface area (Å²) in [4.78, 5) is 37.4. The van der Waals surface area contributed by atoms with Gasteiger partial charge in [-0.2, -0.15) is 0 Å². The van der Waals surface area contributed by atoms with E-state index in [1.807, 2.05) is 0 Å². The van der Waals surface area contributed by atoms with Gasteiger partial charge in [-0.05, 0) is 18.6 Å². The Morgan fingerprint density at radius 1 is 1.17 bits per heavy atom. The van der Waals surface area contributed by atoms with Gasteiger partial charge in [-0.3, -0.25) is 24.6 Å². The summed E-state index contributed by atoms with van der Waals surface area (Å²) in [5.74, 6) is -0.901. The second kappa shape index (κ2) is 7.06. The maximum Gasteiger partial charge on any atom is 0.262 e. The van der Waals surface area contributed by atoms with E-state index in [0.717, 1.165) is 16.3 Å². The molecule has 0 spiro atoms. The SMILES string of the molecule is O=C(CN1C(=O)c2ccccc2C1=O)Nc1nnc(CCCCl)s1. The number of benzene rings is 1. The molecule has 124 valence electrons. The molecule has 7 nitrogen and oxygen atoms in total. The molecule has 3 amide bonds. The van der Waals surface area contributed by atoms with E-state index in [9.17, 15) is 14.4 Å². The summed E-state index contributed by atoms with van der Waals surface area (Å²) < 4.78 is 0. The first-order valence-corrected chi connectivity index (χ1v) is 8.58. The highest BCUT2D eigenvalue weighted by molar-refractivity contribution is 7.15. The first kappa shape index (κ1) is 16.5. The van der Waals surface area contributed by atoms with Gasteiger partial charge in [0.25, 0.3) is 11.8 Å². The van der Waals surface area contributed by atoms with Crippen LogP contribution in [0.15, 0.2) is 24.3 Å². The third-order valence-corrected chi connectivity index (χ3v) is 4.58. The fourth-order valence-corrected chi connectivity index (χ4v) is 3.24. The van der Waals surface area contributed by atoms with Gasteiger partial charge in [-0.25, -0.2) is 0 Å². The fraction of sp³-hybridized carbons (Fsp3) is 0.267. The van der Waals surface area contributed by atoms with Crippen LogP contribution in [0.1, 0.15) is 32.1 Å². The molecule has 1 aromatic carbocycles. The lowest BCUT2D eigenvalue weighted by molar-refractivity contribution is -0.116. The van der Waals surface area contributed by atoms with Crippen LogP contribution >= 0.6 is 22.9 Å². The molecule has 24 heavy (non-hydrogen) atoms. The number of imide groups is 1.